The number of carbonyl (C=O) groups is 4. The van der Waals surface area contributed by atoms with Gasteiger partial charge in [-0.2, -0.15) is 4.98 Å². The van der Waals surface area contributed by atoms with E-state index in [9.17, 15) is 38.2 Å². The molecule has 2 aromatic carbocycles. The van der Waals surface area contributed by atoms with Gasteiger partial charge >= 0.3 is 28.0 Å². The average Bonchev–Trinajstić information content (AvgIpc) is 3.20. The number of hydrogen-bond acceptors (Lipinski definition) is 18. The number of aromatic nitrogens is 4. The number of nitrogens with zero attached hydrogens (tertiary/aromatic N) is 3. The number of aliphatic carboxylic acids is 1. The number of esters is 1. The predicted molar refractivity (Wildman–Crippen MR) is 211 cm³/mol. The van der Waals surface area contributed by atoms with Crippen LogP contribution >= 0.6 is 16.1 Å². The highest BCUT2D eigenvalue weighted by Gasteiger charge is 2.31. The molecule has 318 valence electrons. The van der Waals surface area contributed by atoms with Gasteiger partial charge < -0.3 is 40.6 Å². The Labute approximate surface area is 337 Å². The van der Waals surface area contributed by atoms with Crippen LogP contribution < -0.4 is 32.0 Å². The van der Waals surface area contributed by atoms with Crippen LogP contribution in [0.5, 0.6) is 5.75 Å². The molecule has 0 fully saturated rings. The number of carboxylic acid groups (broad SMARTS) is 1. The number of carboxylic acids is 1. The molecule has 4 rings (SSSR count). The van der Waals surface area contributed by atoms with Crippen LogP contribution in [-0.4, -0.2) is 93.9 Å². The third-order valence-electron chi connectivity index (χ3n) is 7.70. The Hall–Kier alpha value is -5.60. The third kappa shape index (κ3) is 14.3. The molecule has 0 bridgehead atoms. The number of carbonyl (C=O) groups excluding carboxylic acids is 3. The first-order valence-electron chi connectivity index (χ1n) is 18.1. The fraction of sp³-hybridized carbons (Fsp3) is 0.371. The molecule has 3 atom stereocenters. The first-order valence-corrected chi connectivity index (χ1v) is 20.8. The number of hydrogen-bond donors (Lipinski definition) is 6. The first kappa shape index (κ1) is 46.1. The molecule has 4 aromatic rings. The van der Waals surface area contributed by atoms with Crippen LogP contribution in [0, 0.1) is 0 Å². The maximum Gasteiger partial charge on any atom is 0.475 e. The molecule has 7 N–H and O–H groups in total. The van der Waals surface area contributed by atoms with Gasteiger partial charge in [-0.15, -0.1) is 0 Å². The lowest BCUT2D eigenvalue weighted by atomic mass is 10.1. The van der Waals surface area contributed by atoms with Gasteiger partial charge in [0.2, 0.25) is 5.95 Å². The molecule has 0 radical (unpaired) electrons. The summed E-state index contributed by atoms with van der Waals surface area (Å²) in [4.78, 5) is 77.9. The van der Waals surface area contributed by atoms with Crippen LogP contribution in [0.25, 0.3) is 11.2 Å². The monoisotopic (exact) mass is 862 g/mol. The van der Waals surface area contributed by atoms with Crippen molar-refractivity contribution in [1.29, 1.82) is 0 Å². The smallest absolute Gasteiger partial charge is 0.475 e. The first-order chi connectivity index (χ1) is 28.2. The molecule has 2 amide bonds. The summed E-state index contributed by atoms with van der Waals surface area (Å²) in [6, 6.07) is 10.3. The number of anilines is 2. The van der Waals surface area contributed by atoms with Gasteiger partial charge in [-0.1, -0.05) is 12.1 Å². The van der Waals surface area contributed by atoms with E-state index in [2.05, 4.69) is 35.9 Å². The van der Waals surface area contributed by atoms with Crippen molar-refractivity contribution in [3.8, 4) is 5.75 Å². The van der Waals surface area contributed by atoms with E-state index >= 15 is 0 Å². The Bertz CT molecular complexity index is 2220. The molecule has 0 saturated carbocycles. The van der Waals surface area contributed by atoms with E-state index in [4.69, 9.17) is 33.1 Å². The minimum atomic E-state index is -4.10. The SMILES string of the molecule is CCO[PH](=O)OCC(CNC(=O)c1ccccc1OC(=O)CC[C@@H](NC(=O)c1ccc(NCc2cnc3nc(N)[nH]c(=O)c3n2)cc1)C(=O)O)OP(=O)(OCC)OCC. The molecular formula is C35H44N8O14P2. The van der Waals surface area contributed by atoms with Crippen molar-refractivity contribution < 1.29 is 60.8 Å². The van der Waals surface area contributed by atoms with Gasteiger partial charge in [0.05, 0.1) is 50.4 Å². The fourth-order valence-electron chi connectivity index (χ4n) is 5.01. The summed E-state index contributed by atoms with van der Waals surface area (Å²) in [6.07, 6.45) is -0.566. The van der Waals surface area contributed by atoms with E-state index in [1.807, 2.05) is 0 Å². The van der Waals surface area contributed by atoms with Crippen LogP contribution in [0.4, 0.5) is 11.6 Å². The molecule has 22 nitrogen and oxygen atoms in total. The highest BCUT2D eigenvalue weighted by atomic mass is 31.2. The van der Waals surface area contributed by atoms with Crippen molar-refractivity contribution in [3.05, 3.63) is 81.9 Å². The Morgan fingerprint density at radius 2 is 1.68 bits per heavy atom. The number of nitrogen functional groups attached to an aromatic ring is 1. The molecular weight excluding hydrogens is 818 g/mol. The van der Waals surface area contributed by atoms with Gasteiger partial charge in [-0.05, 0) is 63.6 Å². The molecule has 2 heterocycles. The average molecular weight is 863 g/mol. The summed E-state index contributed by atoms with van der Waals surface area (Å²) in [7, 11) is -7.03. The lowest BCUT2D eigenvalue weighted by Crippen LogP contribution is -2.41. The van der Waals surface area contributed by atoms with E-state index < -0.39 is 70.6 Å². The lowest BCUT2D eigenvalue weighted by Gasteiger charge is -2.23. The number of phosphoric acid groups is 1. The van der Waals surface area contributed by atoms with Gasteiger partial charge in [0.1, 0.15) is 17.9 Å². The zero-order valence-electron chi connectivity index (χ0n) is 32.1. The number of H-pyrrole nitrogens is 1. The molecule has 24 heteroatoms. The Morgan fingerprint density at radius 3 is 2.36 bits per heavy atom. The molecule has 0 spiro atoms. The zero-order chi connectivity index (χ0) is 43.0. The van der Waals surface area contributed by atoms with Crippen molar-refractivity contribution in [2.24, 2.45) is 0 Å². The Kier molecular flexibility index (Phi) is 17.6. The number of para-hydroxylation sites is 1. The van der Waals surface area contributed by atoms with Gasteiger partial charge in [-0.3, -0.25) is 42.3 Å². The predicted octanol–water partition coefficient (Wildman–Crippen LogP) is 3.22. The highest BCUT2D eigenvalue weighted by molar-refractivity contribution is 7.48. The van der Waals surface area contributed by atoms with Gasteiger partial charge in [-0.25, -0.2) is 19.3 Å². The number of phosphoric ester groups is 1. The number of ether oxygens (including phenoxy) is 1. The Morgan fingerprint density at radius 1 is 0.966 bits per heavy atom. The topological polar surface area (TPSA) is 312 Å². The molecule has 0 saturated heterocycles. The number of rotatable bonds is 24. The number of aromatic amines is 1. The van der Waals surface area contributed by atoms with Crippen LogP contribution in [-0.2, 0) is 47.9 Å². The number of nitrogens with one attached hydrogen (secondary N) is 4. The van der Waals surface area contributed by atoms with E-state index in [1.165, 1.54) is 42.6 Å². The minimum absolute atomic E-state index is 0.0193. The Balaban J connectivity index is 1.31. The molecule has 0 aliphatic rings. The van der Waals surface area contributed by atoms with Crippen LogP contribution in [0.1, 0.15) is 60.0 Å². The number of nitrogens with two attached hydrogens (primary N) is 1. The van der Waals surface area contributed by atoms with Crippen molar-refractivity contribution in [2.45, 2.75) is 52.3 Å². The fourth-order valence-corrected chi connectivity index (χ4v) is 6.98. The van der Waals surface area contributed by atoms with Crippen LogP contribution in [0.2, 0.25) is 0 Å². The van der Waals surface area contributed by atoms with Crippen LogP contribution in [0.15, 0.2) is 59.5 Å². The number of benzene rings is 2. The maximum atomic E-state index is 13.2. The summed E-state index contributed by atoms with van der Waals surface area (Å²) in [5.41, 5.74) is 6.16. The molecule has 2 aromatic heterocycles. The number of amides is 2. The van der Waals surface area contributed by atoms with E-state index in [-0.39, 0.29) is 73.3 Å². The van der Waals surface area contributed by atoms with Gasteiger partial charge in [0.15, 0.2) is 11.2 Å². The quantitative estimate of drug-likeness (QED) is 0.0335. The van der Waals surface area contributed by atoms with E-state index in [0.717, 1.165) is 0 Å². The second-order valence-corrected chi connectivity index (χ2v) is 14.7. The number of fused-ring (bicyclic) bond motifs is 1. The van der Waals surface area contributed by atoms with E-state index in [1.54, 1.807) is 32.9 Å². The normalized spacial score (nSPS) is 12.9. The molecule has 59 heavy (non-hydrogen) atoms. The highest BCUT2D eigenvalue weighted by Crippen LogP contribution is 2.50. The zero-order valence-corrected chi connectivity index (χ0v) is 34.0. The molecule has 0 aliphatic heterocycles. The summed E-state index contributed by atoms with van der Waals surface area (Å²) in [6.45, 7) is 4.22. The maximum absolute atomic E-state index is 13.2. The second kappa shape index (κ2) is 22.5. The van der Waals surface area contributed by atoms with Gasteiger partial charge in [0, 0.05) is 24.2 Å². The van der Waals surface area contributed by atoms with Crippen molar-refractivity contribution >= 4 is 62.6 Å². The standard InChI is InChI=1S/C35H44N8O14P2/c1-4-52-58(50)53-20-24(57-59(51,54-5-2)55-6-3)19-39-32(46)25-9-7-8-10-27(25)56-28(44)16-15-26(34(48)49)41-31(45)21-11-13-22(14-12-21)37-17-23-18-38-30-29(40-23)33(47)43-35(36)42-30/h7-14,18,24,26,37,58H,4-6,15-17,19-20H2,1-3H3,(H,39,46)(H,41,45)(H,48,49)(H3,36,38,42,43,47)/t24?,26-/m1/s1. The summed E-state index contributed by atoms with van der Waals surface area (Å²) in [5.74, 6) is -4.01. The summed E-state index contributed by atoms with van der Waals surface area (Å²) in [5, 5.41) is 17.8. The minimum Gasteiger partial charge on any atom is -0.480 e. The lowest BCUT2D eigenvalue weighted by molar-refractivity contribution is -0.140. The molecule has 0 aliphatic carbocycles. The van der Waals surface area contributed by atoms with Gasteiger partial charge in [0.25, 0.3) is 17.4 Å². The summed E-state index contributed by atoms with van der Waals surface area (Å²) < 4.78 is 56.3. The van der Waals surface area contributed by atoms with Crippen LogP contribution in [0.3, 0.4) is 0 Å². The van der Waals surface area contributed by atoms with Crippen molar-refractivity contribution in [2.75, 3.05) is 44.0 Å². The van der Waals surface area contributed by atoms with E-state index in [0.29, 0.717) is 11.4 Å². The third-order valence-corrected chi connectivity index (χ3v) is 10.3. The molecule has 2 unspecified atom stereocenters. The summed E-state index contributed by atoms with van der Waals surface area (Å²) >= 11 is 0. The second-order valence-electron chi connectivity index (χ2n) is 12.0. The largest absolute Gasteiger partial charge is 0.480 e. The van der Waals surface area contributed by atoms with Crippen molar-refractivity contribution in [1.82, 2.24) is 30.6 Å². The van der Waals surface area contributed by atoms with Crippen molar-refractivity contribution in [3.63, 3.8) is 0 Å².